The number of halogens is 3. The third kappa shape index (κ3) is 4.29. The molecule has 1 aromatic carbocycles. The molecule has 4 aromatic rings. The summed E-state index contributed by atoms with van der Waals surface area (Å²) in [6.45, 7) is 0.249. The number of aryl methyl sites for hydroxylation is 1. The highest BCUT2D eigenvalue weighted by molar-refractivity contribution is 5.63. The van der Waals surface area contributed by atoms with Crippen molar-refractivity contribution in [3.63, 3.8) is 0 Å². The normalized spacial score (nSPS) is 11.5. The lowest BCUT2D eigenvalue weighted by Gasteiger charge is -2.12. The van der Waals surface area contributed by atoms with E-state index < -0.39 is 11.9 Å². The van der Waals surface area contributed by atoms with Crippen molar-refractivity contribution < 1.29 is 13.2 Å². The summed E-state index contributed by atoms with van der Waals surface area (Å²) in [6.07, 6.45) is 0.181. The van der Waals surface area contributed by atoms with E-state index in [1.807, 2.05) is 36.5 Å². The molecule has 0 amide bonds. The summed E-state index contributed by atoms with van der Waals surface area (Å²) < 4.78 is 41.8. The molecule has 0 spiro atoms. The minimum absolute atomic E-state index is 0.0464. The van der Waals surface area contributed by atoms with Gasteiger partial charge in [-0.2, -0.15) is 18.3 Å². The van der Waals surface area contributed by atoms with Gasteiger partial charge in [-0.05, 0) is 12.1 Å². The number of rotatable bonds is 5. The molecular formula is C21H17F3N6. The van der Waals surface area contributed by atoms with Crippen LogP contribution in [0.15, 0.2) is 67.1 Å². The quantitative estimate of drug-likeness (QED) is 0.522. The van der Waals surface area contributed by atoms with E-state index in [2.05, 4.69) is 25.4 Å². The Morgan fingerprint density at radius 3 is 2.47 bits per heavy atom. The molecule has 3 aromatic heterocycles. The lowest BCUT2D eigenvalue weighted by Crippen LogP contribution is -2.12. The zero-order valence-electron chi connectivity index (χ0n) is 15.9. The first-order valence-corrected chi connectivity index (χ1v) is 9.08. The van der Waals surface area contributed by atoms with Gasteiger partial charge in [0.2, 0.25) is 0 Å². The van der Waals surface area contributed by atoms with Crippen LogP contribution in [0.3, 0.4) is 0 Å². The highest BCUT2D eigenvalue weighted by atomic mass is 19.4. The van der Waals surface area contributed by atoms with Gasteiger partial charge in [0, 0.05) is 54.9 Å². The van der Waals surface area contributed by atoms with E-state index in [9.17, 15) is 13.2 Å². The highest BCUT2D eigenvalue weighted by Gasteiger charge is 2.34. The van der Waals surface area contributed by atoms with Crippen LogP contribution in [0.2, 0.25) is 0 Å². The smallest absolute Gasteiger partial charge is 0.366 e. The Balaban J connectivity index is 1.66. The number of benzene rings is 1. The number of pyridine rings is 1. The van der Waals surface area contributed by atoms with E-state index in [0.717, 1.165) is 22.9 Å². The van der Waals surface area contributed by atoms with E-state index >= 15 is 0 Å². The predicted molar refractivity (Wildman–Crippen MR) is 106 cm³/mol. The van der Waals surface area contributed by atoms with Crippen molar-refractivity contribution in [1.29, 1.82) is 0 Å². The van der Waals surface area contributed by atoms with Gasteiger partial charge in [-0.15, -0.1) is 0 Å². The lowest BCUT2D eigenvalue weighted by atomic mass is 10.1. The molecule has 6 nitrogen and oxygen atoms in total. The van der Waals surface area contributed by atoms with E-state index in [1.165, 1.54) is 12.4 Å². The molecule has 152 valence electrons. The molecule has 30 heavy (non-hydrogen) atoms. The van der Waals surface area contributed by atoms with Crippen LogP contribution in [-0.4, -0.2) is 24.7 Å². The zero-order chi connectivity index (χ0) is 21.1. The summed E-state index contributed by atoms with van der Waals surface area (Å²) >= 11 is 0. The van der Waals surface area contributed by atoms with Crippen LogP contribution < -0.4 is 5.32 Å². The molecule has 0 atom stereocenters. The van der Waals surface area contributed by atoms with Crippen LogP contribution in [-0.2, 0) is 19.8 Å². The van der Waals surface area contributed by atoms with Gasteiger partial charge in [-0.1, -0.05) is 30.3 Å². The zero-order valence-corrected chi connectivity index (χ0v) is 15.9. The molecular weight excluding hydrogens is 393 g/mol. The molecule has 0 aliphatic rings. The lowest BCUT2D eigenvalue weighted by molar-refractivity contribution is -0.141. The summed E-state index contributed by atoms with van der Waals surface area (Å²) in [6, 6.07) is 13.7. The van der Waals surface area contributed by atoms with E-state index in [-0.39, 0.29) is 18.2 Å². The van der Waals surface area contributed by atoms with Gasteiger partial charge >= 0.3 is 6.18 Å². The largest absolute Gasteiger partial charge is 0.433 e. The Labute approximate surface area is 170 Å². The van der Waals surface area contributed by atoms with Crippen LogP contribution >= 0.6 is 0 Å². The molecule has 0 saturated carbocycles. The highest BCUT2D eigenvalue weighted by Crippen LogP contribution is 2.31. The molecule has 0 bridgehead atoms. The fourth-order valence-electron chi connectivity index (χ4n) is 3.00. The first-order valence-electron chi connectivity index (χ1n) is 9.08. The van der Waals surface area contributed by atoms with E-state index in [1.54, 1.807) is 23.9 Å². The molecule has 0 fully saturated rings. The van der Waals surface area contributed by atoms with Gasteiger partial charge < -0.3 is 5.32 Å². The Kier molecular flexibility index (Phi) is 5.18. The maximum Gasteiger partial charge on any atom is 0.433 e. The summed E-state index contributed by atoms with van der Waals surface area (Å²) in [7, 11) is 1.79. The number of hydrogen-bond acceptors (Lipinski definition) is 5. The Morgan fingerprint density at radius 2 is 1.77 bits per heavy atom. The van der Waals surface area contributed by atoms with Crippen molar-refractivity contribution in [1.82, 2.24) is 24.7 Å². The third-order valence-corrected chi connectivity index (χ3v) is 4.35. The van der Waals surface area contributed by atoms with Gasteiger partial charge in [0.25, 0.3) is 0 Å². The van der Waals surface area contributed by atoms with E-state index in [4.69, 9.17) is 0 Å². The molecule has 0 unspecified atom stereocenters. The molecule has 1 N–H and O–H groups in total. The molecule has 0 saturated heterocycles. The molecule has 3 heterocycles. The molecule has 0 aliphatic heterocycles. The number of alkyl halides is 3. The van der Waals surface area contributed by atoms with Crippen molar-refractivity contribution in [2.24, 2.45) is 7.05 Å². The fourth-order valence-corrected chi connectivity index (χ4v) is 3.00. The minimum Gasteiger partial charge on any atom is -0.366 e. The van der Waals surface area contributed by atoms with Crippen LogP contribution in [0.4, 0.5) is 19.0 Å². The number of anilines is 1. The monoisotopic (exact) mass is 410 g/mol. The fraction of sp³-hybridized carbons (Fsp3) is 0.143. The second kappa shape index (κ2) is 7.94. The first-order chi connectivity index (χ1) is 14.4. The van der Waals surface area contributed by atoms with Crippen molar-refractivity contribution in [3.8, 4) is 22.6 Å². The summed E-state index contributed by atoms with van der Waals surface area (Å²) in [5, 5.41) is 7.45. The summed E-state index contributed by atoms with van der Waals surface area (Å²) in [5.41, 5.74) is 1.89. The topological polar surface area (TPSA) is 68.5 Å². The van der Waals surface area contributed by atoms with Crippen LogP contribution in [0.25, 0.3) is 22.6 Å². The average Bonchev–Trinajstić information content (AvgIpc) is 3.13. The van der Waals surface area contributed by atoms with Gasteiger partial charge in [0.15, 0.2) is 11.5 Å². The van der Waals surface area contributed by atoms with Gasteiger partial charge in [-0.3, -0.25) is 9.67 Å². The maximum absolute atomic E-state index is 13.4. The number of aromatic nitrogens is 5. The van der Waals surface area contributed by atoms with Crippen LogP contribution in [0.1, 0.15) is 11.3 Å². The Hall–Kier alpha value is -3.75. The summed E-state index contributed by atoms with van der Waals surface area (Å²) in [5.74, 6) is 0.0222. The average molecular weight is 410 g/mol. The standard InChI is InChI=1S/C21H17F3N6/c1-30-13-16(19(29-30)14-6-3-2-4-7-14)12-26-18-10-17(21(22,23)24)27-20(28-18)15-8-5-9-25-11-15/h2-11,13H,12H2,1H3,(H,26,27,28). The minimum atomic E-state index is -4.60. The second-order valence-electron chi connectivity index (χ2n) is 6.60. The second-order valence-corrected chi connectivity index (χ2v) is 6.60. The third-order valence-electron chi connectivity index (χ3n) is 4.35. The van der Waals surface area contributed by atoms with Crippen molar-refractivity contribution in [2.75, 3.05) is 5.32 Å². The SMILES string of the molecule is Cn1cc(CNc2cc(C(F)(F)F)nc(-c3cccnc3)n2)c(-c2ccccc2)n1. The van der Waals surface area contributed by atoms with Crippen molar-refractivity contribution in [3.05, 3.63) is 78.4 Å². The van der Waals surface area contributed by atoms with Crippen molar-refractivity contribution >= 4 is 5.82 Å². The first kappa shape index (κ1) is 19.6. The van der Waals surface area contributed by atoms with E-state index in [0.29, 0.717) is 5.56 Å². The van der Waals surface area contributed by atoms with Crippen LogP contribution in [0.5, 0.6) is 0 Å². The van der Waals surface area contributed by atoms with Gasteiger partial charge in [0.1, 0.15) is 5.82 Å². The number of nitrogens with zero attached hydrogens (tertiary/aromatic N) is 5. The Bertz CT molecular complexity index is 1140. The van der Waals surface area contributed by atoms with Crippen molar-refractivity contribution in [2.45, 2.75) is 12.7 Å². The molecule has 0 aliphatic carbocycles. The molecule has 4 rings (SSSR count). The summed E-state index contributed by atoms with van der Waals surface area (Å²) in [4.78, 5) is 11.9. The number of nitrogens with one attached hydrogen (secondary N) is 1. The van der Waals surface area contributed by atoms with Gasteiger partial charge in [-0.25, -0.2) is 9.97 Å². The number of hydrogen-bond donors (Lipinski definition) is 1. The Morgan fingerprint density at radius 1 is 1.00 bits per heavy atom. The van der Waals surface area contributed by atoms with Crippen LogP contribution in [0, 0.1) is 0 Å². The molecule has 9 heteroatoms. The molecule has 0 radical (unpaired) electrons. The maximum atomic E-state index is 13.4. The van der Waals surface area contributed by atoms with Gasteiger partial charge in [0.05, 0.1) is 5.69 Å². The predicted octanol–water partition coefficient (Wildman–Crippen LogP) is 4.57.